The molecule has 9 rings (SSSR count). The van der Waals surface area contributed by atoms with Gasteiger partial charge in [0.1, 0.15) is 36.9 Å². The summed E-state index contributed by atoms with van der Waals surface area (Å²) in [4.78, 5) is 98.7. The highest BCUT2D eigenvalue weighted by Crippen LogP contribution is 2.60. The summed E-state index contributed by atoms with van der Waals surface area (Å²) in [6.45, 7) is 1.44. The molecule has 2 fully saturated rings. The van der Waals surface area contributed by atoms with Crippen molar-refractivity contribution in [2.75, 3.05) is 0 Å². The summed E-state index contributed by atoms with van der Waals surface area (Å²) >= 11 is 0. The molecule has 0 aromatic heterocycles. The van der Waals surface area contributed by atoms with Crippen LogP contribution in [0.2, 0.25) is 0 Å². The Morgan fingerprint density at radius 1 is 0.529 bits per heavy atom. The average Bonchev–Trinajstić information content (AvgIpc) is 2.16. The summed E-state index contributed by atoms with van der Waals surface area (Å²) in [6.07, 6.45) is 24.9. The molecule has 3 aromatic carbocycles. The lowest BCUT2D eigenvalue weighted by atomic mass is 9.88. The van der Waals surface area contributed by atoms with Gasteiger partial charge in [0, 0.05) is 35.0 Å². The van der Waals surface area contributed by atoms with E-state index in [0.717, 1.165) is 16.7 Å². The first-order chi connectivity index (χ1) is 41.9. The zero-order valence-electron chi connectivity index (χ0n) is 48.9. The first-order valence-electron chi connectivity index (χ1n) is 30.2. The van der Waals surface area contributed by atoms with E-state index in [-0.39, 0.29) is 56.4 Å². The second-order valence-corrected chi connectivity index (χ2v) is 28.6. The highest BCUT2D eigenvalue weighted by molar-refractivity contribution is 7.59. The first-order valence-corrected chi connectivity index (χ1v) is 33.8. The van der Waals surface area contributed by atoms with Crippen LogP contribution < -0.4 is 31.9 Å². The summed E-state index contributed by atoms with van der Waals surface area (Å²) < 4.78 is 38.3. The van der Waals surface area contributed by atoms with Crippen LogP contribution in [0, 0.1) is 23.7 Å². The van der Waals surface area contributed by atoms with Gasteiger partial charge in [0.25, 0.3) is 0 Å². The number of alkyl carbamates (subject to hydrolysis) is 2. The van der Waals surface area contributed by atoms with Gasteiger partial charge in [-0.1, -0.05) is 152 Å². The lowest BCUT2D eigenvalue weighted by Crippen LogP contribution is -2.46. The monoisotopic (exact) mass is 1230 g/mol. The number of carboxylic acid groups (broad SMARTS) is 2. The fourth-order valence-electron chi connectivity index (χ4n) is 12.5. The molecule has 6 aliphatic rings. The molecule has 87 heavy (non-hydrogen) atoms. The minimum Gasteiger partial charge on any atom is -0.480 e. The molecule has 20 nitrogen and oxygen atoms in total. The van der Waals surface area contributed by atoms with Gasteiger partial charge in [-0.15, -0.1) is 0 Å². The Bertz CT molecular complexity index is 3160. The standard InChI is InChI=1S/C36H44N3O7P.C29H38N3O7P/c40-34(38-31(35(41)42)19-9-15-27-23-37-30-18-8-7-16-28(27)30)29-17-10-20-32(29)47(44,45)33(22-21-25-11-3-1-4-12-25)39-36(43)46-24-26-13-5-2-6-14-26;1-19(31-29(36)39-18-20-9-3-2-4-10-20)40(37,38)26-16-8-13-23(26)27(33)32-25(28(34)35)15-7-11-21-17-30-24-14-6-5-12-22(21)24/h1-8,11-14,16,18,23,28-33,37H,9-10,15,17,19-22,24H2,(H,38,40)(H,39,43)(H,41,42)(H,44,45);2-6,9-10,12,14,17,19,22-26,30H,7-8,11,13,15-16,18H2,1H3,(H,31,36)(H,32,33)(H,34,35)(H,37,38). The number of hydrogen-bond acceptors (Lipinski definition) is 12. The van der Waals surface area contributed by atoms with Crippen molar-refractivity contribution < 1.29 is 67.4 Å². The van der Waals surface area contributed by atoms with Crippen molar-refractivity contribution in [3.8, 4) is 0 Å². The van der Waals surface area contributed by atoms with Crippen molar-refractivity contribution >= 4 is 50.7 Å². The number of rotatable bonds is 27. The number of aryl methyl sites for hydroxylation is 1. The van der Waals surface area contributed by atoms with E-state index >= 15 is 0 Å². The van der Waals surface area contributed by atoms with E-state index in [1.807, 2.05) is 116 Å². The van der Waals surface area contributed by atoms with Crippen molar-refractivity contribution in [2.45, 2.75) is 157 Å². The Morgan fingerprint density at radius 3 is 1.39 bits per heavy atom. The summed E-state index contributed by atoms with van der Waals surface area (Å²) in [5.74, 6) is -6.80. The van der Waals surface area contributed by atoms with Crippen LogP contribution in [0.15, 0.2) is 163 Å². The third-order valence-electron chi connectivity index (χ3n) is 17.4. The smallest absolute Gasteiger partial charge is 0.408 e. The van der Waals surface area contributed by atoms with Crippen molar-refractivity contribution in [1.29, 1.82) is 0 Å². The number of ether oxygens (including phenoxy) is 2. The number of carbonyl (C=O) groups excluding carboxylic acids is 4. The van der Waals surface area contributed by atoms with E-state index < -0.39 is 97.5 Å². The summed E-state index contributed by atoms with van der Waals surface area (Å²) in [5.41, 5.74) is 3.08. The topological polar surface area (TPSA) is 308 Å². The Balaban J connectivity index is 0.000000229. The minimum absolute atomic E-state index is 0.00162. The van der Waals surface area contributed by atoms with Gasteiger partial charge in [0.2, 0.25) is 26.6 Å². The van der Waals surface area contributed by atoms with Gasteiger partial charge < -0.3 is 61.4 Å². The number of carboxylic acids is 2. The van der Waals surface area contributed by atoms with Crippen LogP contribution in [0.25, 0.3) is 0 Å². The second-order valence-electron chi connectivity index (χ2n) is 23.2. The van der Waals surface area contributed by atoms with Crippen LogP contribution in [0.3, 0.4) is 0 Å². The van der Waals surface area contributed by atoms with Gasteiger partial charge in [-0.2, -0.15) is 0 Å². The highest BCUT2D eigenvalue weighted by atomic mass is 31.2. The zero-order chi connectivity index (χ0) is 61.9. The fraction of sp³-hybridized carbons (Fsp3) is 0.446. The van der Waals surface area contributed by atoms with Gasteiger partial charge in [0.15, 0.2) is 0 Å². The molecule has 2 heterocycles. The molecule has 0 spiro atoms. The molecule has 14 atom stereocenters. The van der Waals surface area contributed by atoms with Crippen molar-refractivity contribution in [2.24, 2.45) is 23.7 Å². The number of amides is 4. The molecule has 0 bridgehead atoms. The number of fused-ring (bicyclic) bond motifs is 2. The third kappa shape index (κ3) is 18.1. The Kier molecular flexibility index (Phi) is 23.6. The fourth-order valence-corrected chi connectivity index (χ4v) is 17.4. The minimum atomic E-state index is -4.21. The molecule has 14 unspecified atom stereocenters. The predicted octanol–water partition coefficient (Wildman–Crippen LogP) is 9.68. The quantitative estimate of drug-likeness (QED) is 0.0318. The number of nitrogens with one attached hydrogen (secondary N) is 6. The second kappa shape index (κ2) is 31.4. The lowest BCUT2D eigenvalue weighted by Gasteiger charge is -2.31. The van der Waals surface area contributed by atoms with Crippen LogP contribution >= 0.6 is 14.7 Å². The molecule has 10 N–H and O–H groups in total. The maximum absolute atomic E-state index is 14.3. The lowest BCUT2D eigenvalue weighted by molar-refractivity contribution is -0.143. The van der Waals surface area contributed by atoms with Gasteiger partial charge in [-0.25, -0.2) is 19.2 Å². The van der Waals surface area contributed by atoms with Gasteiger partial charge in [0.05, 0.1) is 12.1 Å². The number of carbonyl (C=O) groups is 6. The van der Waals surface area contributed by atoms with Crippen molar-refractivity contribution in [3.63, 3.8) is 0 Å². The summed E-state index contributed by atoms with van der Waals surface area (Å²) in [7, 11) is -8.26. The van der Waals surface area contributed by atoms with Crippen LogP contribution in [0.1, 0.15) is 107 Å². The van der Waals surface area contributed by atoms with E-state index in [4.69, 9.17) is 9.47 Å². The predicted molar refractivity (Wildman–Crippen MR) is 330 cm³/mol. The number of benzene rings is 3. The number of aliphatic carboxylic acids is 2. The molecule has 22 heteroatoms. The SMILES string of the molecule is CC(NC(=O)OCc1ccccc1)P(=O)(O)C1CCCC1C(=O)NC(CCCC1=CNC2C=CC=CC12)C(=O)O.O=C(NC(CCc1ccccc1)P(=O)(O)C1CCCC1C(=O)NC(CCCC1=CNC2C=CC=CC12)C(=O)O)OCc1ccccc1. The van der Waals surface area contributed by atoms with Gasteiger partial charge in [-0.3, -0.25) is 18.7 Å². The van der Waals surface area contributed by atoms with E-state index in [9.17, 15) is 57.9 Å². The largest absolute Gasteiger partial charge is 0.480 e. The molecule has 3 aromatic rings. The maximum Gasteiger partial charge on any atom is 0.408 e. The highest BCUT2D eigenvalue weighted by Gasteiger charge is 2.50. The van der Waals surface area contributed by atoms with Crippen molar-refractivity contribution in [1.82, 2.24) is 31.9 Å². The van der Waals surface area contributed by atoms with Gasteiger partial charge in [-0.05, 0) is 124 Å². The third-order valence-corrected chi connectivity index (χ3v) is 23.0. The molecular formula is C65H82N6O14P2. The molecule has 466 valence electrons. The summed E-state index contributed by atoms with van der Waals surface area (Å²) in [5, 5.41) is 36.7. The van der Waals surface area contributed by atoms with Crippen LogP contribution in [0.5, 0.6) is 0 Å². The molecule has 0 radical (unpaired) electrons. The summed E-state index contributed by atoms with van der Waals surface area (Å²) in [6, 6.07) is 25.9. The van der Waals surface area contributed by atoms with E-state index in [1.165, 1.54) is 18.1 Å². The Labute approximate surface area is 508 Å². The maximum atomic E-state index is 14.3. The molecule has 4 amide bonds. The average molecular weight is 1230 g/mol. The molecule has 0 saturated heterocycles. The van der Waals surface area contributed by atoms with Gasteiger partial charge >= 0.3 is 24.1 Å². The Morgan fingerprint density at radius 2 is 0.943 bits per heavy atom. The number of hydrogen-bond donors (Lipinski definition) is 10. The molecule has 2 saturated carbocycles. The normalized spacial score (nSPS) is 24.8. The Hall–Kier alpha value is -7.50. The molecular weight excluding hydrogens is 1150 g/mol. The van der Waals surface area contributed by atoms with Crippen LogP contribution in [-0.2, 0) is 57.4 Å². The van der Waals surface area contributed by atoms with E-state index in [0.29, 0.717) is 70.6 Å². The molecule has 4 aliphatic carbocycles. The molecule has 2 aliphatic heterocycles. The van der Waals surface area contributed by atoms with Crippen molar-refractivity contribution in [3.05, 3.63) is 180 Å². The van der Waals surface area contributed by atoms with Crippen LogP contribution in [0.4, 0.5) is 9.59 Å². The van der Waals surface area contributed by atoms with E-state index in [1.54, 1.807) is 12.1 Å². The first kappa shape index (κ1) is 65.5. The zero-order valence-corrected chi connectivity index (χ0v) is 50.7. The van der Waals surface area contributed by atoms with E-state index in [2.05, 4.69) is 56.2 Å². The van der Waals surface area contributed by atoms with Crippen LogP contribution in [-0.4, -0.2) is 103 Å². The number of allylic oxidation sites excluding steroid dienone is 4.